The van der Waals surface area contributed by atoms with Crippen molar-refractivity contribution in [3.8, 4) is 0 Å². The van der Waals surface area contributed by atoms with Crippen LogP contribution in [-0.2, 0) is 6.42 Å². The summed E-state index contributed by atoms with van der Waals surface area (Å²) >= 11 is 5.25. The molecule has 0 radical (unpaired) electrons. The average molecular weight is 205 g/mol. The van der Waals surface area contributed by atoms with Gasteiger partial charge in [0, 0.05) is 6.54 Å². The second-order valence-electron chi connectivity index (χ2n) is 3.59. The molecule has 0 saturated carbocycles. The number of rotatable bonds is 0. The molecule has 4 heteroatoms. The smallest absolute Gasteiger partial charge is 0.197 e. The first-order chi connectivity index (χ1) is 6.86. The van der Waals surface area contributed by atoms with Crippen LogP contribution in [0, 0.1) is 4.77 Å². The highest BCUT2D eigenvalue weighted by atomic mass is 32.1. The maximum Gasteiger partial charge on any atom is 0.197 e. The zero-order chi connectivity index (χ0) is 9.54. The van der Waals surface area contributed by atoms with Crippen LogP contribution < -0.4 is 5.43 Å². The Kier molecular flexibility index (Phi) is 1.64. The SMILES string of the molecule is S=c1[nH]c2cccc3c2n1NCCC3. The molecule has 3 nitrogen and oxygen atoms in total. The number of H-pyrrole nitrogens is 1. The zero-order valence-electron chi connectivity index (χ0n) is 7.71. The third-order valence-corrected chi connectivity index (χ3v) is 2.97. The van der Waals surface area contributed by atoms with Crippen molar-refractivity contribution < 1.29 is 0 Å². The summed E-state index contributed by atoms with van der Waals surface area (Å²) in [5.41, 5.74) is 7.04. The van der Waals surface area contributed by atoms with Crippen molar-refractivity contribution in [2.75, 3.05) is 12.0 Å². The van der Waals surface area contributed by atoms with Gasteiger partial charge in [0.1, 0.15) is 0 Å². The van der Waals surface area contributed by atoms with E-state index in [1.807, 2.05) is 4.68 Å². The van der Waals surface area contributed by atoms with Gasteiger partial charge in [0.2, 0.25) is 0 Å². The molecule has 0 atom stereocenters. The average Bonchev–Trinajstić information content (AvgIpc) is 2.39. The first-order valence-corrected chi connectivity index (χ1v) is 5.23. The lowest BCUT2D eigenvalue weighted by Crippen LogP contribution is -2.13. The van der Waals surface area contributed by atoms with E-state index < -0.39 is 0 Å². The molecule has 1 aliphatic heterocycles. The lowest BCUT2D eigenvalue weighted by Gasteiger charge is -2.03. The van der Waals surface area contributed by atoms with E-state index >= 15 is 0 Å². The molecule has 0 spiro atoms. The summed E-state index contributed by atoms with van der Waals surface area (Å²) in [4.78, 5) is 3.20. The van der Waals surface area contributed by atoms with Crippen molar-refractivity contribution in [2.24, 2.45) is 0 Å². The Morgan fingerprint density at radius 2 is 2.29 bits per heavy atom. The lowest BCUT2D eigenvalue weighted by atomic mass is 10.1. The van der Waals surface area contributed by atoms with Gasteiger partial charge in [0.15, 0.2) is 4.77 Å². The van der Waals surface area contributed by atoms with E-state index in [1.165, 1.54) is 11.1 Å². The van der Waals surface area contributed by atoms with Crippen molar-refractivity contribution in [2.45, 2.75) is 12.8 Å². The van der Waals surface area contributed by atoms with Crippen molar-refractivity contribution in [1.29, 1.82) is 0 Å². The molecule has 1 aromatic heterocycles. The highest BCUT2D eigenvalue weighted by molar-refractivity contribution is 7.71. The fourth-order valence-electron chi connectivity index (χ4n) is 2.05. The topological polar surface area (TPSA) is 32.8 Å². The summed E-state index contributed by atoms with van der Waals surface area (Å²) in [6.07, 6.45) is 2.28. The normalized spacial score (nSPS) is 15.1. The molecule has 3 rings (SSSR count). The maximum atomic E-state index is 5.25. The molecule has 0 fully saturated rings. The molecular weight excluding hydrogens is 194 g/mol. The van der Waals surface area contributed by atoms with Crippen LogP contribution in [0.5, 0.6) is 0 Å². The number of nitrogens with zero attached hydrogens (tertiary/aromatic N) is 1. The summed E-state index contributed by atoms with van der Waals surface area (Å²) < 4.78 is 2.75. The van der Waals surface area contributed by atoms with Gasteiger partial charge >= 0.3 is 0 Å². The van der Waals surface area contributed by atoms with Gasteiger partial charge in [-0.2, -0.15) is 0 Å². The summed E-state index contributed by atoms with van der Waals surface area (Å²) in [6, 6.07) is 6.32. The molecule has 0 saturated heterocycles. The monoisotopic (exact) mass is 205 g/mol. The Labute approximate surface area is 86.7 Å². The van der Waals surface area contributed by atoms with Gasteiger partial charge in [-0.05, 0) is 36.7 Å². The van der Waals surface area contributed by atoms with Gasteiger partial charge < -0.3 is 10.4 Å². The number of aryl methyl sites for hydroxylation is 1. The van der Waals surface area contributed by atoms with E-state index in [0.717, 1.165) is 29.7 Å². The zero-order valence-corrected chi connectivity index (χ0v) is 8.53. The number of nitrogens with one attached hydrogen (secondary N) is 2. The number of benzene rings is 1. The highest BCUT2D eigenvalue weighted by Crippen LogP contribution is 2.21. The van der Waals surface area contributed by atoms with Crippen molar-refractivity contribution >= 4 is 23.3 Å². The lowest BCUT2D eigenvalue weighted by molar-refractivity contribution is 0.802. The fraction of sp³-hybridized carbons (Fsp3) is 0.300. The van der Waals surface area contributed by atoms with E-state index in [4.69, 9.17) is 12.2 Å². The summed E-state index contributed by atoms with van der Waals surface area (Å²) in [5.74, 6) is 0. The predicted octanol–water partition coefficient (Wildman–Crippen LogP) is 2.19. The van der Waals surface area contributed by atoms with Crippen molar-refractivity contribution in [3.63, 3.8) is 0 Å². The predicted molar refractivity (Wildman–Crippen MR) is 59.7 cm³/mol. The number of hydrogen-bond acceptors (Lipinski definition) is 2. The first kappa shape index (κ1) is 8.05. The Balaban J connectivity index is 2.48. The molecule has 0 unspecified atom stereocenters. The molecular formula is C10H11N3S. The summed E-state index contributed by atoms with van der Waals surface area (Å²) in [5, 5.41) is 0. The van der Waals surface area contributed by atoms with Crippen LogP contribution in [0.4, 0.5) is 0 Å². The van der Waals surface area contributed by atoms with E-state index in [-0.39, 0.29) is 0 Å². The van der Waals surface area contributed by atoms with Crippen molar-refractivity contribution in [3.05, 3.63) is 28.5 Å². The number of para-hydroxylation sites is 1. The van der Waals surface area contributed by atoms with Gasteiger partial charge in [0.25, 0.3) is 0 Å². The highest BCUT2D eigenvalue weighted by Gasteiger charge is 2.11. The minimum Gasteiger partial charge on any atom is -0.329 e. The van der Waals surface area contributed by atoms with Crippen LogP contribution >= 0.6 is 12.2 Å². The Morgan fingerprint density at radius 3 is 3.21 bits per heavy atom. The molecule has 2 N–H and O–H groups in total. The van der Waals surface area contributed by atoms with Crippen LogP contribution in [-0.4, -0.2) is 16.2 Å². The van der Waals surface area contributed by atoms with Gasteiger partial charge in [-0.1, -0.05) is 12.1 Å². The quantitative estimate of drug-likeness (QED) is 0.646. The second kappa shape index (κ2) is 2.85. The molecule has 1 aliphatic rings. The number of imidazole rings is 1. The summed E-state index contributed by atoms with van der Waals surface area (Å²) in [6.45, 7) is 0.982. The Hall–Kier alpha value is -1.29. The minimum atomic E-state index is 0.759. The van der Waals surface area contributed by atoms with Crippen LogP contribution in [0.3, 0.4) is 0 Å². The number of aromatic nitrogens is 2. The molecule has 0 aliphatic carbocycles. The van der Waals surface area contributed by atoms with Crippen LogP contribution in [0.15, 0.2) is 18.2 Å². The van der Waals surface area contributed by atoms with Crippen LogP contribution in [0.2, 0.25) is 0 Å². The minimum absolute atomic E-state index is 0.759. The molecule has 2 aromatic rings. The fourth-order valence-corrected chi connectivity index (χ4v) is 2.32. The molecule has 2 heterocycles. The maximum absolute atomic E-state index is 5.25. The molecule has 72 valence electrons. The molecule has 0 amide bonds. The summed E-state index contributed by atoms with van der Waals surface area (Å²) in [7, 11) is 0. The molecule has 1 aromatic carbocycles. The molecule has 0 bridgehead atoms. The Bertz CT molecular complexity index is 538. The third-order valence-electron chi connectivity index (χ3n) is 2.68. The largest absolute Gasteiger partial charge is 0.329 e. The van der Waals surface area contributed by atoms with Crippen molar-refractivity contribution in [1.82, 2.24) is 9.66 Å². The van der Waals surface area contributed by atoms with E-state index in [1.54, 1.807) is 0 Å². The Morgan fingerprint density at radius 1 is 1.36 bits per heavy atom. The number of aromatic amines is 1. The van der Waals surface area contributed by atoms with E-state index in [0.29, 0.717) is 0 Å². The van der Waals surface area contributed by atoms with E-state index in [2.05, 4.69) is 28.6 Å². The van der Waals surface area contributed by atoms with Gasteiger partial charge in [-0.15, -0.1) is 0 Å². The molecule has 14 heavy (non-hydrogen) atoms. The van der Waals surface area contributed by atoms with Gasteiger partial charge in [-0.3, -0.25) is 0 Å². The first-order valence-electron chi connectivity index (χ1n) is 4.83. The number of hydrogen-bond donors (Lipinski definition) is 2. The second-order valence-corrected chi connectivity index (χ2v) is 3.98. The van der Waals surface area contributed by atoms with E-state index in [9.17, 15) is 0 Å². The standard InChI is InChI=1S/C10H11N3S/c14-10-12-8-5-1-3-7-4-2-6-11-13(10)9(7)8/h1,3,5,11H,2,4,6H2,(H,12,14). The van der Waals surface area contributed by atoms with Crippen LogP contribution in [0.1, 0.15) is 12.0 Å². The van der Waals surface area contributed by atoms with Gasteiger partial charge in [0.05, 0.1) is 11.0 Å². The third kappa shape index (κ3) is 1.00. The van der Waals surface area contributed by atoms with Gasteiger partial charge in [-0.25, -0.2) is 4.68 Å². The van der Waals surface area contributed by atoms with Crippen LogP contribution in [0.25, 0.3) is 11.0 Å².